The summed E-state index contributed by atoms with van der Waals surface area (Å²) in [7, 11) is 0. The van der Waals surface area contributed by atoms with Crippen molar-refractivity contribution in [2.45, 2.75) is 64.0 Å². The molecule has 0 aromatic rings. The Balaban J connectivity index is 1.48. The molecule has 3 saturated carbocycles. The van der Waals surface area contributed by atoms with Gasteiger partial charge in [0, 0.05) is 12.1 Å². The molecule has 1 heteroatoms. The third kappa shape index (κ3) is 1.71. The largest absolute Gasteiger partial charge is 0.311 e. The summed E-state index contributed by atoms with van der Waals surface area (Å²) in [5.74, 6) is 3.22. The molecule has 0 bridgehead atoms. The molecule has 0 radical (unpaired) electrons. The maximum atomic E-state index is 3.93. The van der Waals surface area contributed by atoms with Gasteiger partial charge in [-0.25, -0.2) is 0 Å². The van der Waals surface area contributed by atoms with Gasteiger partial charge in [-0.15, -0.1) is 0 Å². The summed E-state index contributed by atoms with van der Waals surface area (Å²) >= 11 is 0. The molecule has 0 saturated heterocycles. The summed E-state index contributed by atoms with van der Waals surface area (Å²) in [6.45, 7) is 2.41. The molecule has 3 aliphatic rings. The van der Waals surface area contributed by atoms with E-state index in [0.717, 1.165) is 29.8 Å². The van der Waals surface area contributed by atoms with Gasteiger partial charge < -0.3 is 5.32 Å². The zero-order valence-electron chi connectivity index (χ0n) is 9.34. The summed E-state index contributed by atoms with van der Waals surface area (Å²) in [6, 6.07) is 1.79. The Morgan fingerprint density at radius 2 is 1.71 bits per heavy atom. The van der Waals surface area contributed by atoms with E-state index in [1.807, 2.05) is 0 Å². The smallest absolute Gasteiger partial charge is 0.0101 e. The van der Waals surface area contributed by atoms with Crippen LogP contribution in [0.5, 0.6) is 0 Å². The first-order valence-electron chi connectivity index (χ1n) is 6.59. The van der Waals surface area contributed by atoms with E-state index in [2.05, 4.69) is 12.2 Å². The van der Waals surface area contributed by atoms with Crippen molar-refractivity contribution >= 4 is 0 Å². The lowest BCUT2D eigenvalue weighted by Crippen LogP contribution is -2.40. The highest BCUT2D eigenvalue weighted by molar-refractivity contribution is 5.02. The predicted octanol–water partition coefficient (Wildman–Crippen LogP) is 2.95. The monoisotopic (exact) mass is 193 g/mol. The Morgan fingerprint density at radius 1 is 0.929 bits per heavy atom. The van der Waals surface area contributed by atoms with E-state index in [1.54, 1.807) is 6.42 Å². The van der Waals surface area contributed by atoms with Crippen LogP contribution in [0, 0.1) is 17.8 Å². The normalized spacial score (nSPS) is 51.6. The van der Waals surface area contributed by atoms with Crippen LogP contribution in [0.4, 0.5) is 0 Å². The maximum Gasteiger partial charge on any atom is 0.0101 e. The number of fused-ring (bicyclic) bond motifs is 1. The topological polar surface area (TPSA) is 12.0 Å². The zero-order valence-corrected chi connectivity index (χ0v) is 9.34. The highest BCUT2D eigenvalue weighted by Crippen LogP contribution is 2.52. The molecular weight excluding hydrogens is 170 g/mol. The molecule has 0 aromatic heterocycles. The SMILES string of the molecule is CC1CCC(NC2CC[C@@H]3C[C@H]23)CC1. The van der Waals surface area contributed by atoms with E-state index in [4.69, 9.17) is 0 Å². The molecule has 14 heavy (non-hydrogen) atoms. The Kier molecular flexibility index (Phi) is 2.31. The van der Waals surface area contributed by atoms with Crippen molar-refractivity contribution in [3.63, 3.8) is 0 Å². The average Bonchev–Trinajstić information content (AvgIpc) is 2.88. The van der Waals surface area contributed by atoms with Gasteiger partial charge in [0.2, 0.25) is 0 Å². The predicted molar refractivity (Wildman–Crippen MR) is 59.2 cm³/mol. The van der Waals surface area contributed by atoms with E-state index in [-0.39, 0.29) is 0 Å². The molecule has 0 amide bonds. The molecule has 1 nitrogen and oxygen atoms in total. The van der Waals surface area contributed by atoms with Crippen LogP contribution in [0.2, 0.25) is 0 Å². The Labute approximate surface area is 87.7 Å². The standard InChI is InChI=1S/C13H23N/c1-9-2-5-11(6-3-9)14-13-7-4-10-8-12(10)13/h9-14H,2-8H2,1H3/t9?,10-,11?,12+,13?/m1/s1. The first-order valence-corrected chi connectivity index (χ1v) is 6.59. The van der Waals surface area contributed by atoms with Gasteiger partial charge in [-0.05, 0) is 62.7 Å². The summed E-state index contributed by atoms with van der Waals surface area (Å²) in [4.78, 5) is 0. The van der Waals surface area contributed by atoms with Crippen LogP contribution in [0.1, 0.15) is 51.9 Å². The number of hydrogen-bond acceptors (Lipinski definition) is 1. The quantitative estimate of drug-likeness (QED) is 0.711. The fourth-order valence-corrected chi connectivity index (χ4v) is 3.64. The molecule has 0 aliphatic heterocycles. The number of nitrogens with one attached hydrogen (secondary N) is 1. The van der Waals surface area contributed by atoms with Gasteiger partial charge in [-0.3, -0.25) is 0 Å². The first kappa shape index (κ1) is 9.21. The number of rotatable bonds is 2. The third-order valence-electron chi connectivity index (χ3n) is 4.81. The summed E-state index contributed by atoms with van der Waals surface area (Å²) < 4.78 is 0. The minimum absolute atomic E-state index is 0.871. The van der Waals surface area contributed by atoms with Crippen LogP contribution in [-0.4, -0.2) is 12.1 Å². The second-order valence-electron chi connectivity index (χ2n) is 5.97. The molecule has 1 unspecified atom stereocenters. The van der Waals surface area contributed by atoms with E-state index in [0.29, 0.717) is 0 Å². The van der Waals surface area contributed by atoms with Crippen LogP contribution in [0.15, 0.2) is 0 Å². The fraction of sp³-hybridized carbons (Fsp3) is 1.00. The molecule has 3 aliphatic carbocycles. The van der Waals surface area contributed by atoms with Gasteiger partial charge in [0.05, 0.1) is 0 Å². The Morgan fingerprint density at radius 3 is 2.29 bits per heavy atom. The Hall–Kier alpha value is -0.0400. The van der Waals surface area contributed by atoms with E-state index >= 15 is 0 Å². The summed E-state index contributed by atoms with van der Waals surface area (Å²) in [5.41, 5.74) is 0. The van der Waals surface area contributed by atoms with Gasteiger partial charge in [-0.1, -0.05) is 6.92 Å². The highest BCUT2D eigenvalue weighted by atomic mass is 15.0. The van der Waals surface area contributed by atoms with Gasteiger partial charge in [0.15, 0.2) is 0 Å². The average molecular weight is 193 g/mol. The molecule has 0 heterocycles. The van der Waals surface area contributed by atoms with Crippen molar-refractivity contribution in [1.29, 1.82) is 0 Å². The van der Waals surface area contributed by atoms with Crippen LogP contribution in [0.25, 0.3) is 0 Å². The van der Waals surface area contributed by atoms with E-state index < -0.39 is 0 Å². The maximum absolute atomic E-state index is 3.93. The Bertz CT molecular complexity index is 205. The van der Waals surface area contributed by atoms with Gasteiger partial charge in [-0.2, -0.15) is 0 Å². The number of hydrogen-bond donors (Lipinski definition) is 1. The lowest BCUT2D eigenvalue weighted by Gasteiger charge is -2.30. The second-order valence-corrected chi connectivity index (χ2v) is 5.97. The van der Waals surface area contributed by atoms with Gasteiger partial charge in [0.1, 0.15) is 0 Å². The summed E-state index contributed by atoms with van der Waals surface area (Å²) in [5, 5.41) is 3.93. The second kappa shape index (κ2) is 3.52. The molecule has 0 aromatic carbocycles. The molecular formula is C13H23N. The minimum atomic E-state index is 0.871. The highest BCUT2D eigenvalue weighted by Gasteiger charge is 2.48. The van der Waals surface area contributed by atoms with Crippen molar-refractivity contribution < 1.29 is 0 Å². The lowest BCUT2D eigenvalue weighted by atomic mass is 9.87. The van der Waals surface area contributed by atoms with Crippen molar-refractivity contribution in [3.05, 3.63) is 0 Å². The lowest BCUT2D eigenvalue weighted by molar-refractivity contribution is 0.278. The van der Waals surface area contributed by atoms with E-state index in [1.165, 1.54) is 38.5 Å². The zero-order chi connectivity index (χ0) is 9.54. The van der Waals surface area contributed by atoms with Crippen LogP contribution < -0.4 is 5.32 Å². The fourth-order valence-electron chi connectivity index (χ4n) is 3.64. The van der Waals surface area contributed by atoms with Crippen molar-refractivity contribution in [2.24, 2.45) is 17.8 Å². The molecule has 3 fully saturated rings. The molecule has 3 rings (SSSR count). The first-order chi connectivity index (χ1) is 6.83. The molecule has 1 N–H and O–H groups in total. The molecule has 80 valence electrons. The van der Waals surface area contributed by atoms with Crippen LogP contribution in [0.3, 0.4) is 0 Å². The van der Waals surface area contributed by atoms with Crippen molar-refractivity contribution in [1.82, 2.24) is 5.32 Å². The van der Waals surface area contributed by atoms with E-state index in [9.17, 15) is 0 Å². The van der Waals surface area contributed by atoms with Gasteiger partial charge in [0.25, 0.3) is 0 Å². The molecule has 3 atom stereocenters. The van der Waals surface area contributed by atoms with Crippen molar-refractivity contribution in [2.75, 3.05) is 0 Å². The minimum Gasteiger partial charge on any atom is -0.311 e. The summed E-state index contributed by atoms with van der Waals surface area (Å²) in [6.07, 6.45) is 10.3. The van der Waals surface area contributed by atoms with Crippen LogP contribution >= 0.6 is 0 Å². The molecule has 0 spiro atoms. The van der Waals surface area contributed by atoms with Crippen molar-refractivity contribution in [3.8, 4) is 0 Å². The van der Waals surface area contributed by atoms with Gasteiger partial charge >= 0.3 is 0 Å². The van der Waals surface area contributed by atoms with Crippen LogP contribution in [-0.2, 0) is 0 Å². The third-order valence-corrected chi connectivity index (χ3v) is 4.81.